The fraction of sp³-hybridized carbons (Fsp3) is 0.778. The van der Waals surface area contributed by atoms with E-state index in [-0.39, 0.29) is 0 Å². The van der Waals surface area contributed by atoms with Crippen LogP contribution >= 0.6 is 0 Å². The summed E-state index contributed by atoms with van der Waals surface area (Å²) in [5.41, 5.74) is 10.9. The SMILES string of the molecule is CCCC(N)=[NH+]CCC[C@H](N)C(=O)O. The van der Waals surface area contributed by atoms with Crippen LogP contribution in [0.1, 0.15) is 32.6 Å². The van der Waals surface area contributed by atoms with Gasteiger partial charge in [0.05, 0.1) is 6.54 Å². The molecule has 0 radical (unpaired) electrons. The maximum absolute atomic E-state index is 10.4. The van der Waals surface area contributed by atoms with Gasteiger partial charge in [-0.1, -0.05) is 6.92 Å². The lowest BCUT2D eigenvalue weighted by Gasteiger charge is -2.02. The molecule has 0 aliphatic carbocycles. The molecule has 1 atom stereocenters. The number of hydrogen-bond acceptors (Lipinski definition) is 2. The second kappa shape index (κ2) is 7.32. The van der Waals surface area contributed by atoms with Crippen LogP contribution in [0.2, 0.25) is 0 Å². The zero-order valence-corrected chi connectivity index (χ0v) is 8.62. The van der Waals surface area contributed by atoms with E-state index in [1.807, 2.05) is 0 Å². The number of nitrogens with two attached hydrogens (primary N) is 2. The van der Waals surface area contributed by atoms with Crippen molar-refractivity contribution >= 4 is 11.8 Å². The van der Waals surface area contributed by atoms with Crippen molar-refractivity contribution in [1.29, 1.82) is 0 Å². The Labute approximate surface area is 84.2 Å². The van der Waals surface area contributed by atoms with Crippen molar-refractivity contribution in [3.8, 4) is 0 Å². The van der Waals surface area contributed by atoms with Gasteiger partial charge >= 0.3 is 5.97 Å². The summed E-state index contributed by atoms with van der Waals surface area (Å²) in [6.07, 6.45) is 3.05. The number of carbonyl (C=O) groups is 1. The van der Waals surface area contributed by atoms with Crippen molar-refractivity contribution in [2.24, 2.45) is 11.5 Å². The van der Waals surface area contributed by atoms with Gasteiger partial charge in [0.15, 0.2) is 0 Å². The highest BCUT2D eigenvalue weighted by Crippen LogP contribution is 1.91. The van der Waals surface area contributed by atoms with E-state index in [0.717, 1.165) is 25.1 Å². The second-order valence-corrected chi connectivity index (χ2v) is 3.29. The summed E-state index contributed by atoms with van der Waals surface area (Å²) in [7, 11) is 0. The van der Waals surface area contributed by atoms with Crippen molar-refractivity contribution in [2.75, 3.05) is 6.54 Å². The van der Waals surface area contributed by atoms with Gasteiger partial charge in [0, 0.05) is 6.42 Å². The van der Waals surface area contributed by atoms with Crippen LogP contribution in [-0.4, -0.2) is 29.5 Å². The van der Waals surface area contributed by atoms with Crippen LogP contribution in [0.4, 0.5) is 0 Å². The molecule has 0 saturated heterocycles. The summed E-state index contributed by atoms with van der Waals surface area (Å²) >= 11 is 0. The predicted octanol–water partition coefficient (Wildman–Crippen LogP) is -1.58. The first-order valence-electron chi connectivity index (χ1n) is 4.91. The third kappa shape index (κ3) is 6.42. The van der Waals surface area contributed by atoms with Crippen molar-refractivity contribution in [2.45, 2.75) is 38.6 Å². The molecule has 0 heterocycles. The van der Waals surface area contributed by atoms with Crippen LogP contribution in [0, 0.1) is 0 Å². The smallest absolute Gasteiger partial charge is 0.320 e. The van der Waals surface area contributed by atoms with E-state index < -0.39 is 12.0 Å². The zero-order chi connectivity index (χ0) is 11.0. The molecule has 0 aromatic heterocycles. The van der Waals surface area contributed by atoms with E-state index in [9.17, 15) is 4.79 Å². The molecular weight excluding hydrogens is 182 g/mol. The molecule has 5 nitrogen and oxygen atoms in total. The van der Waals surface area contributed by atoms with Crippen LogP contribution in [0.25, 0.3) is 0 Å². The molecule has 0 aromatic rings. The standard InChI is InChI=1S/C9H19N3O2/c1-2-4-8(11)12-6-3-5-7(10)9(13)14/h7H,2-6,10H2,1H3,(H2,11,12)(H,13,14)/p+1/t7-/m0/s1. The van der Waals surface area contributed by atoms with E-state index in [0.29, 0.717) is 13.0 Å². The molecule has 5 heteroatoms. The zero-order valence-electron chi connectivity index (χ0n) is 8.62. The average Bonchev–Trinajstić information content (AvgIpc) is 2.12. The maximum atomic E-state index is 10.4. The molecule has 0 bridgehead atoms. The average molecular weight is 202 g/mol. The highest BCUT2D eigenvalue weighted by molar-refractivity contribution is 5.74. The van der Waals surface area contributed by atoms with Crippen molar-refractivity contribution in [3.63, 3.8) is 0 Å². The van der Waals surface area contributed by atoms with E-state index in [2.05, 4.69) is 11.9 Å². The summed E-state index contributed by atoms with van der Waals surface area (Å²) in [4.78, 5) is 13.4. The molecule has 0 aliphatic heterocycles. The fourth-order valence-corrected chi connectivity index (χ4v) is 1.05. The molecular formula is C9H20N3O2+. The Morgan fingerprint density at radius 3 is 2.71 bits per heavy atom. The predicted molar refractivity (Wildman–Crippen MR) is 54.8 cm³/mol. The number of rotatable bonds is 7. The summed E-state index contributed by atoms with van der Waals surface area (Å²) in [5, 5.41) is 8.50. The molecule has 0 aromatic carbocycles. The van der Waals surface area contributed by atoms with Crippen LogP contribution in [0.5, 0.6) is 0 Å². The Morgan fingerprint density at radius 2 is 2.21 bits per heavy atom. The fourth-order valence-electron chi connectivity index (χ4n) is 1.05. The normalized spacial score (nSPS) is 14.0. The van der Waals surface area contributed by atoms with Crippen LogP contribution in [0.15, 0.2) is 0 Å². The first-order valence-corrected chi connectivity index (χ1v) is 4.91. The minimum absolute atomic E-state index is 0.474. The Balaban J connectivity index is 3.55. The Hall–Kier alpha value is -1.10. The van der Waals surface area contributed by atoms with Gasteiger partial charge in [-0.3, -0.25) is 15.5 Å². The molecule has 0 unspecified atom stereocenters. The van der Waals surface area contributed by atoms with Gasteiger partial charge in [0.1, 0.15) is 6.04 Å². The van der Waals surface area contributed by atoms with E-state index >= 15 is 0 Å². The van der Waals surface area contributed by atoms with Gasteiger partial charge in [-0.05, 0) is 19.3 Å². The van der Waals surface area contributed by atoms with Crippen molar-refractivity contribution in [3.05, 3.63) is 0 Å². The minimum atomic E-state index is -0.949. The Bertz CT molecular complexity index is 204. The highest BCUT2D eigenvalue weighted by atomic mass is 16.4. The molecule has 82 valence electrons. The van der Waals surface area contributed by atoms with Crippen LogP contribution in [-0.2, 0) is 4.79 Å². The minimum Gasteiger partial charge on any atom is -0.480 e. The summed E-state index contributed by atoms with van der Waals surface area (Å²) in [6, 6.07) is -0.760. The number of nitrogens with one attached hydrogen (secondary N) is 1. The van der Waals surface area contributed by atoms with Crippen LogP contribution in [0.3, 0.4) is 0 Å². The summed E-state index contributed by atoms with van der Waals surface area (Å²) in [5.74, 6) is -0.188. The molecule has 0 saturated carbocycles. The number of aliphatic carboxylic acids is 1. The third-order valence-electron chi connectivity index (χ3n) is 1.88. The quantitative estimate of drug-likeness (QED) is 0.227. The largest absolute Gasteiger partial charge is 0.480 e. The molecule has 0 fully saturated rings. The van der Waals surface area contributed by atoms with Crippen molar-refractivity contribution < 1.29 is 14.9 Å². The number of hydrogen-bond donors (Lipinski definition) is 4. The van der Waals surface area contributed by atoms with E-state index in [1.165, 1.54) is 0 Å². The van der Waals surface area contributed by atoms with Gasteiger partial charge in [-0.15, -0.1) is 0 Å². The molecule has 0 spiro atoms. The lowest BCUT2D eigenvalue weighted by atomic mass is 10.2. The Kier molecular flexibility index (Phi) is 6.74. The highest BCUT2D eigenvalue weighted by Gasteiger charge is 2.10. The van der Waals surface area contributed by atoms with Gasteiger partial charge in [0.2, 0.25) is 5.84 Å². The third-order valence-corrected chi connectivity index (χ3v) is 1.88. The van der Waals surface area contributed by atoms with Gasteiger partial charge in [0.25, 0.3) is 0 Å². The monoisotopic (exact) mass is 202 g/mol. The maximum Gasteiger partial charge on any atom is 0.320 e. The summed E-state index contributed by atoms with van der Waals surface area (Å²) in [6.45, 7) is 2.74. The second-order valence-electron chi connectivity index (χ2n) is 3.29. The van der Waals surface area contributed by atoms with Crippen molar-refractivity contribution in [1.82, 2.24) is 0 Å². The van der Waals surface area contributed by atoms with E-state index in [1.54, 1.807) is 0 Å². The van der Waals surface area contributed by atoms with Gasteiger partial charge in [-0.2, -0.15) is 0 Å². The number of amidine groups is 1. The lowest BCUT2D eigenvalue weighted by molar-refractivity contribution is -0.460. The molecule has 0 aliphatic rings. The topological polar surface area (TPSA) is 103 Å². The molecule has 0 rings (SSSR count). The first-order chi connectivity index (χ1) is 6.57. The molecule has 6 N–H and O–H groups in total. The van der Waals surface area contributed by atoms with Crippen LogP contribution < -0.4 is 16.5 Å². The summed E-state index contributed by atoms with van der Waals surface area (Å²) < 4.78 is 0. The van der Waals surface area contributed by atoms with Gasteiger partial charge in [-0.25, -0.2) is 0 Å². The number of carboxylic acid groups (broad SMARTS) is 1. The lowest BCUT2D eigenvalue weighted by Crippen LogP contribution is -2.75. The molecule has 0 amide bonds. The van der Waals surface area contributed by atoms with Gasteiger partial charge < -0.3 is 10.8 Å². The first kappa shape index (κ1) is 12.9. The molecule has 14 heavy (non-hydrogen) atoms. The Morgan fingerprint density at radius 1 is 1.57 bits per heavy atom. The van der Waals surface area contributed by atoms with E-state index in [4.69, 9.17) is 16.6 Å². The number of carboxylic acids is 1.